The zero-order valence-corrected chi connectivity index (χ0v) is 20.9. The highest BCUT2D eigenvalue weighted by molar-refractivity contribution is 5.87. The Hall–Kier alpha value is -4.08. The van der Waals surface area contributed by atoms with Gasteiger partial charge in [-0.15, -0.1) is 0 Å². The Labute approximate surface area is 210 Å². The second-order valence-electron chi connectivity index (χ2n) is 8.78. The van der Waals surface area contributed by atoms with Crippen LogP contribution in [0.4, 0.5) is 4.79 Å². The Morgan fingerprint density at radius 1 is 0.917 bits per heavy atom. The van der Waals surface area contributed by atoms with Gasteiger partial charge in [0.1, 0.15) is 30.5 Å². The molecule has 0 unspecified atom stereocenters. The maximum atomic E-state index is 12.3. The predicted octanol–water partition coefficient (Wildman–Crippen LogP) is 2.53. The number of carbonyl (C=O) groups excluding carboxylic acids is 4. The molecule has 0 heterocycles. The number of nitrogens with one attached hydrogen (secondary N) is 2. The smallest absolute Gasteiger partial charge is 0.407 e. The second kappa shape index (κ2) is 13.7. The van der Waals surface area contributed by atoms with E-state index in [4.69, 9.17) is 18.9 Å². The minimum Gasteiger partial charge on any atom is -0.482 e. The second-order valence-corrected chi connectivity index (χ2v) is 8.78. The van der Waals surface area contributed by atoms with Gasteiger partial charge in [-0.25, -0.2) is 14.4 Å². The quantitative estimate of drug-likeness (QED) is 0.356. The van der Waals surface area contributed by atoms with Gasteiger partial charge in [0.2, 0.25) is 5.91 Å². The van der Waals surface area contributed by atoms with Crippen LogP contribution in [0.5, 0.6) is 5.75 Å². The molecule has 2 N–H and O–H groups in total. The third-order valence-corrected chi connectivity index (χ3v) is 4.57. The fourth-order valence-corrected chi connectivity index (χ4v) is 2.98. The number of ether oxygens (including phenoxy) is 4. The van der Waals surface area contributed by atoms with E-state index in [0.717, 1.165) is 5.56 Å². The minimum absolute atomic E-state index is 0.0660. The van der Waals surface area contributed by atoms with Gasteiger partial charge in [-0.3, -0.25) is 4.79 Å². The van der Waals surface area contributed by atoms with Crippen molar-refractivity contribution in [1.82, 2.24) is 10.6 Å². The number of esters is 2. The number of carbonyl (C=O) groups is 4. The molecule has 10 nitrogen and oxygen atoms in total. The number of benzene rings is 2. The molecule has 0 fully saturated rings. The van der Waals surface area contributed by atoms with Gasteiger partial charge in [0, 0.05) is 6.42 Å². The summed E-state index contributed by atoms with van der Waals surface area (Å²) >= 11 is 0. The Bertz CT molecular complexity index is 1020. The Morgan fingerprint density at radius 3 is 2.19 bits per heavy atom. The summed E-state index contributed by atoms with van der Waals surface area (Å²) in [4.78, 5) is 48.1. The molecule has 2 aromatic carbocycles. The van der Waals surface area contributed by atoms with Crippen LogP contribution in [0.1, 0.15) is 31.9 Å². The summed E-state index contributed by atoms with van der Waals surface area (Å²) in [6.07, 6.45) is -0.617. The average Bonchev–Trinajstić information content (AvgIpc) is 2.84. The fourth-order valence-electron chi connectivity index (χ4n) is 2.98. The third-order valence-electron chi connectivity index (χ3n) is 4.57. The van der Waals surface area contributed by atoms with E-state index in [0.29, 0.717) is 11.3 Å². The first-order valence-corrected chi connectivity index (χ1v) is 11.3. The zero-order valence-electron chi connectivity index (χ0n) is 20.9. The van der Waals surface area contributed by atoms with Crippen LogP contribution in [-0.2, 0) is 41.6 Å². The van der Waals surface area contributed by atoms with Crippen molar-refractivity contribution in [2.45, 2.75) is 45.4 Å². The van der Waals surface area contributed by atoms with Crippen LogP contribution in [0.3, 0.4) is 0 Å². The first-order chi connectivity index (χ1) is 17.1. The van der Waals surface area contributed by atoms with Crippen molar-refractivity contribution in [3.05, 3.63) is 65.7 Å². The Morgan fingerprint density at radius 2 is 1.58 bits per heavy atom. The molecule has 0 spiro atoms. The van der Waals surface area contributed by atoms with Gasteiger partial charge >= 0.3 is 18.0 Å². The molecule has 0 bridgehead atoms. The van der Waals surface area contributed by atoms with E-state index in [1.54, 1.807) is 57.2 Å². The first kappa shape index (κ1) is 28.2. The normalized spacial score (nSPS) is 11.6. The van der Waals surface area contributed by atoms with E-state index in [1.807, 2.05) is 18.2 Å². The molecule has 0 aliphatic heterocycles. The zero-order chi connectivity index (χ0) is 26.6. The maximum Gasteiger partial charge on any atom is 0.407 e. The number of methoxy groups -OCH3 is 1. The highest BCUT2D eigenvalue weighted by Crippen LogP contribution is 2.15. The summed E-state index contributed by atoms with van der Waals surface area (Å²) in [5, 5.41) is 4.89. The van der Waals surface area contributed by atoms with Crippen LogP contribution in [0, 0.1) is 0 Å². The van der Waals surface area contributed by atoms with Crippen LogP contribution in [-0.4, -0.2) is 55.8 Å². The van der Waals surface area contributed by atoms with Crippen LogP contribution < -0.4 is 15.4 Å². The molecule has 0 radical (unpaired) electrons. The van der Waals surface area contributed by atoms with Crippen LogP contribution in [0.25, 0.3) is 0 Å². The van der Waals surface area contributed by atoms with Gasteiger partial charge in [0.15, 0.2) is 6.61 Å². The van der Waals surface area contributed by atoms with Gasteiger partial charge in [0.25, 0.3) is 0 Å². The van der Waals surface area contributed by atoms with Crippen molar-refractivity contribution in [3.63, 3.8) is 0 Å². The lowest BCUT2D eigenvalue weighted by Crippen LogP contribution is -2.47. The first-order valence-electron chi connectivity index (χ1n) is 11.3. The van der Waals surface area contributed by atoms with E-state index in [9.17, 15) is 19.2 Å². The van der Waals surface area contributed by atoms with Crippen molar-refractivity contribution in [3.8, 4) is 5.75 Å². The molecule has 0 saturated heterocycles. The van der Waals surface area contributed by atoms with E-state index in [1.165, 1.54) is 7.11 Å². The summed E-state index contributed by atoms with van der Waals surface area (Å²) in [7, 11) is 1.22. The molecular weight excluding hydrogens is 468 g/mol. The lowest BCUT2D eigenvalue weighted by molar-refractivity contribution is -0.157. The van der Waals surface area contributed by atoms with Gasteiger partial charge in [-0.2, -0.15) is 0 Å². The predicted molar refractivity (Wildman–Crippen MR) is 130 cm³/mol. The number of alkyl carbamates (subject to hydrolysis) is 1. The Kier molecular flexibility index (Phi) is 10.7. The van der Waals surface area contributed by atoms with Crippen molar-refractivity contribution in [2.75, 3.05) is 20.3 Å². The lowest BCUT2D eigenvalue weighted by atomic mass is 10.1. The third kappa shape index (κ3) is 10.9. The monoisotopic (exact) mass is 500 g/mol. The summed E-state index contributed by atoms with van der Waals surface area (Å²) in [6.45, 7) is 4.76. The van der Waals surface area contributed by atoms with Gasteiger partial charge < -0.3 is 29.6 Å². The van der Waals surface area contributed by atoms with E-state index in [-0.39, 0.29) is 26.2 Å². The van der Waals surface area contributed by atoms with E-state index in [2.05, 4.69) is 10.6 Å². The lowest BCUT2D eigenvalue weighted by Gasteiger charge is -2.19. The number of amides is 2. The largest absolute Gasteiger partial charge is 0.482 e. The SMILES string of the molecule is COC(=O)[C@H](Cc1ccc(OCC(=O)OC(C)(C)C)cc1)NC(=O)CNC(=O)OCc1ccccc1. The molecule has 2 rings (SSSR count). The maximum absolute atomic E-state index is 12.3. The topological polar surface area (TPSA) is 129 Å². The van der Waals surface area contributed by atoms with Crippen molar-refractivity contribution < 1.29 is 38.1 Å². The molecule has 0 saturated carbocycles. The fraction of sp³-hybridized carbons (Fsp3) is 0.385. The van der Waals surface area contributed by atoms with Crippen LogP contribution in [0.2, 0.25) is 0 Å². The molecule has 0 aliphatic carbocycles. The van der Waals surface area contributed by atoms with E-state index < -0.39 is 35.6 Å². The molecule has 2 amide bonds. The van der Waals surface area contributed by atoms with Crippen molar-refractivity contribution >= 4 is 23.9 Å². The molecule has 0 aliphatic rings. The molecule has 0 aromatic heterocycles. The molecule has 1 atom stereocenters. The summed E-state index contributed by atoms with van der Waals surface area (Å²) in [5.41, 5.74) is 0.921. The number of rotatable bonds is 11. The molecule has 10 heteroatoms. The number of hydrogen-bond donors (Lipinski definition) is 2. The van der Waals surface area contributed by atoms with Crippen LogP contribution >= 0.6 is 0 Å². The standard InChI is InChI=1S/C26H32N2O8/c1-26(2,3)36-23(30)17-34-20-12-10-18(11-13-20)14-21(24(31)33-4)28-22(29)15-27-25(32)35-16-19-8-6-5-7-9-19/h5-13,21H,14-17H2,1-4H3,(H,27,32)(H,28,29)/t21-/m0/s1. The Balaban J connectivity index is 1.82. The van der Waals surface area contributed by atoms with Gasteiger partial charge in [0.05, 0.1) is 7.11 Å². The summed E-state index contributed by atoms with van der Waals surface area (Å²) in [6, 6.07) is 14.8. The van der Waals surface area contributed by atoms with Crippen molar-refractivity contribution in [2.24, 2.45) is 0 Å². The minimum atomic E-state index is -0.974. The average molecular weight is 501 g/mol. The van der Waals surface area contributed by atoms with Gasteiger partial charge in [-0.1, -0.05) is 42.5 Å². The summed E-state index contributed by atoms with van der Waals surface area (Å²) in [5.74, 6) is -1.27. The van der Waals surface area contributed by atoms with Crippen molar-refractivity contribution in [1.29, 1.82) is 0 Å². The van der Waals surface area contributed by atoms with Gasteiger partial charge in [-0.05, 0) is 44.0 Å². The highest BCUT2D eigenvalue weighted by atomic mass is 16.6. The highest BCUT2D eigenvalue weighted by Gasteiger charge is 2.22. The van der Waals surface area contributed by atoms with E-state index >= 15 is 0 Å². The van der Waals surface area contributed by atoms with Crippen LogP contribution in [0.15, 0.2) is 54.6 Å². The molecule has 2 aromatic rings. The molecule has 194 valence electrons. The molecule has 36 heavy (non-hydrogen) atoms. The summed E-state index contributed by atoms with van der Waals surface area (Å²) < 4.78 is 20.5. The number of hydrogen-bond acceptors (Lipinski definition) is 8. The molecular formula is C26H32N2O8.